The van der Waals surface area contributed by atoms with E-state index in [4.69, 9.17) is 0 Å². The standard InChI is InChI=1S/C10H13NOS/c1-4-5-9(12)8(3)10-11-7(2)6-13-10/h6,8-9,12H,1-3H3/t8-,9-/m1/s1. The maximum Gasteiger partial charge on any atom is 0.123 e. The maximum absolute atomic E-state index is 9.57. The highest BCUT2D eigenvalue weighted by Gasteiger charge is 2.16. The van der Waals surface area contributed by atoms with Crippen LogP contribution in [0.1, 0.15) is 30.5 Å². The molecule has 0 fully saturated rings. The minimum absolute atomic E-state index is 0.00569. The fraction of sp³-hybridized carbons (Fsp3) is 0.500. The molecule has 1 rings (SSSR count). The highest BCUT2D eigenvalue weighted by Crippen LogP contribution is 2.22. The zero-order valence-corrected chi connectivity index (χ0v) is 8.85. The van der Waals surface area contributed by atoms with Crippen LogP contribution in [0.15, 0.2) is 5.38 Å². The van der Waals surface area contributed by atoms with Crippen molar-refractivity contribution in [1.82, 2.24) is 4.98 Å². The van der Waals surface area contributed by atoms with E-state index in [0.717, 1.165) is 10.7 Å². The molecular formula is C10H13NOS. The van der Waals surface area contributed by atoms with Gasteiger partial charge in [-0.1, -0.05) is 12.8 Å². The van der Waals surface area contributed by atoms with Gasteiger partial charge in [0.2, 0.25) is 0 Å². The van der Waals surface area contributed by atoms with Crippen LogP contribution >= 0.6 is 11.3 Å². The lowest BCUT2D eigenvalue weighted by Crippen LogP contribution is -2.13. The Morgan fingerprint density at radius 2 is 2.31 bits per heavy atom. The van der Waals surface area contributed by atoms with Crippen molar-refractivity contribution in [2.75, 3.05) is 0 Å². The first kappa shape index (κ1) is 10.2. The van der Waals surface area contributed by atoms with E-state index in [1.54, 1.807) is 18.3 Å². The molecule has 0 saturated heterocycles. The van der Waals surface area contributed by atoms with Crippen LogP contribution in [0.25, 0.3) is 0 Å². The number of aryl methyl sites for hydroxylation is 1. The van der Waals surface area contributed by atoms with Gasteiger partial charge in [0.25, 0.3) is 0 Å². The summed E-state index contributed by atoms with van der Waals surface area (Å²) in [4.78, 5) is 4.30. The number of thiazole rings is 1. The second-order valence-corrected chi connectivity index (χ2v) is 3.84. The minimum Gasteiger partial charge on any atom is -0.380 e. The van der Waals surface area contributed by atoms with Gasteiger partial charge in [0.05, 0.1) is 5.01 Å². The maximum atomic E-state index is 9.57. The van der Waals surface area contributed by atoms with Crippen LogP contribution in [0.4, 0.5) is 0 Å². The van der Waals surface area contributed by atoms with Gasteiger partial charge >= 0.3 is 0 Å². The second kappa shape index (κ2) is 4.40. The van der Waals surface area contributed by atoms with Crippen LogP contribution in [0.5, 0.6) is 0 Å². The van der Waals surface area contributed by atoms with Crippen LogP contribution in [0.2, 0.25) is 0 Å². The van der Waals surface area contributed by atoms with Gasteiger partial charge in [-0.25, -0.2) is 4.98 Å². The molecule has 70 valence electrons. The van der Waals surface area contributed by atoms with Gasteiger partial charge in [0.1, 0.15) is 6.10 Å². The van der Waals surface area contributed by atoms with Gasteiger partial charge < -0.3 is 5.11 Å². The van der Waals surface area contributed by atoms with Gasteiger partial charge in [-0.15, -0.1) is 17.3 Å². The molecule has 3 heteroatoms. The number of aromatic nitrogens is 1. The Bertz CT molecular complexity index is 334. The van der Waals surface area contributed by atoms with E-state index in [-0.39, 0.29) is 5.92 Å². The summed E-state index contributed by atoms with van der Waals surface area (Å²) in [6.45, 7) is 5.61. The molecule has 1 heterocycles. The monoisotopic (exact) mass is 195 g/mol. The van der Waals surface area contributed by atoms with Crippen molar-refractivity contribution in [3.8, 4) is 11.8 Å². The number of nitrogens with zero attached hydrogens (tertiary/aromatic N) is 1. The molecule has 0 saturated carbocycles. The third-order valence-electron chi connectivity index (χ3n) is 1.79. The van der Waals surface area contributed by atoms with E-state index >= 15 is 0 Å². The lowest BCUT2D eigenvalue weighted by atomic mass is 10.1. The molecule has 0 aliphatic heterocycles. The topological polar surface area (TPSA) is 33.1 Å². The zero-order chi connectivity index (χ0) is 9.84. The smallest absolute Gasteiger partial charge is 0.123 e. The normalized spacial score (nSPS) is 14.5. The van der Waals surface area contributed by atoms with Gasteiger partial charge in [-0.05, 0) is 13.8 Å². The number of aliphatic hydroxyl groups excluding tert-OH is 1. The third-order valence-corrected chi connectivity index (χ3v) is 2.96. The SMILES string of the molecule is CC#C[C@@H](O)[C@@H](C)c1nc(C)cs1. The van der Waals surface area contributed by atoms with Gasteiger partial charge in [0.15, 0.2) is 0 Å². The van der Waals surface area contributed by atoms with Crippen molar-refractivity contribution >= 4 is 11.3 Å². The number of hydrogen-bond acceptors (Lipinski definition) is 3. The summed E-state index contributed by atoms with van der Waals surface area (Å²) in [7, 11) is 0. The fourth-order valence-corrected chi connectivity index (χ4v) is 1.87. The van der Waals surface area contributed by atoms with Gasteiger partial charge in [-0.3, -0.25) is 0 Å². The molecule has 13 heavy (non-hydrogen) atoms. The fourth-order valence-electron chi connectivity index (χ4n) is 0.989. The first-order chi connectivity index (χ1) is 6.15. The highest BCUT2D eigenvalue weighted by atomic mass is 32.1. The van der Waals surface area contributed by atoms with Crippen molar-refractivity contribution in [3.05, 3.63) is 16.1 Å². The first-order valence-electron chi connectivity index (χ1n) is 4.17. The Hall–Kier alpha value is -0.850. The molecule has 0 unspecified atom stereocenters. The predicted octanol–water partition coefficient (Wildman–Crippen LogP) is 1.94. The highest BCUT2D eigenvalue weighted by molar-refractivity contribution is 7.09. The Morgan fingerprint density at radius 1 is 1.62 bits per heavy atom. The minimum atomic E-state index is -0.601. The Labute approximate surface area is 82.6 Å². The summed E-state index contributed by atoms with van der Waals surface area (Å²) in [6.07, 6.45) is -0.601. The largest absolute Gasteiger partial charge is 0.380 e. The molecule has 2 atom stereocenters. The molecule has 0 amide bonds. The summed E-state index contributed by atoms with van der Waals surface area (Å²) in [5.41, 5.74) is 1.00. The van der Waals surface area contributed by atoms with Crippen molar-refractivity contribution in [1.29, 1.82) is 0 Å². The van der Waals surface area contributed by atoms with Crippen LogP contribution in [0, 0.1) is 18.8 Å². The Balaban J connectivity index is 2.76. The molecule has 1 aromatic heterocycles. The van der Waals surface area contributed by atoms with Crippen LogP contribution < -0.4 is 0 Å². The number of hydrogen-bond donors (Lipinski definition) is 1. The molecule has 0 aliphatic carbocycles. The van der Waals surface area contributed by atoms with Crippen LogP contribution in [-0.4, -0.2) is 16.2 Å². The molecule has 0 spiro atoms. The van der Waals surface area contributed by atoms with E-state index in [0.29, 0.717) is 0 Å². The van der Waals surface area contributed by atoms with Gasteiger partial charge in [0, 0.05) is 17.0 Å². The van der Waals surface area contributed by atoms with E-state index < -0.39 is 6.10 Å². The number of aliphatic hydroxyl groups is 1. The molecule has 1 N–H and O–H groups in total. The van der Waals surface area contributed by atoms with Crippen molar-refractivity contribution in [2.24, 2.45) is 0 Å². The first-order valence-corrected chi connectivity index (χ1v) is 5.05. The quantitative estimate of drug-likeness (QED) is 0.732. The zero-order valence-electron chi connectivity index (χ0n) is 8.03. The summed E-state index contributed by atoms with van der Waals surface area (Å²) in [6, 6.07) is 0. The van der Waals surface area contributed by atoms with E-state index in [1.807, 2.05) is 19.2 Å². The summed E-state index contributed by atoms with van der Waals surface area (Å²) < 4.78 is 0. The predicted molar refractivity (Wildman–Crippen MR) is 54.7 cm³/mol. The molecule has 0 aliphatic rings. The Morgan fingerprint density at radius 3 is 2.77 bits per heavy atom. The second-order valence-electron chi connectivity index (χ2n) is 2.95. The average Bonchev–Trinajstić information content (AvgIpc) is 2.51. The molecule has 2 nitrogen and oxygen atoms in total. The van der Waals surface area contributed by atoms with E-state index in [2.05, 4.69) is 16.8 Å². The van der Waals surface area contributed by atoms with Crippen molar-refractivity contribution in [2.45, 2.75) is 32.8 Å². The summed E-state index contributed by atoms with van der Waals surface area (Å²) >= 11 is 1.57. The van der Waals surface area contributed by atoms with Crippen LogP contribution in [-0.2, 0) is 0 Å². The van der Waals surface area contributed by atoms with Gasteiger partial charge in [-0.2, -0.15) is 0 Å². The Kier molecular flexibility index (Phi) is 3.47. The molecule has 0 radical (unpaired) electrons. The van der Waals surface area contributed by atoms with E-state index in [9.17, 15) is 5.11 Å². The molecular weight excluding hydrogens is 182 g/mol. The lowest BCUT2D eigenvalue weighted by molar-refractivity contribution is 0.206. The third kappa shape index (κ3) is 2.55. The average molecular weight is 195 g/mol. The van der Waals surface area contributed by atoms with Crippen molar-refractivity contribution in [3.63, 3.8) is 0 Å². The van der Waals surface area contributed by atoms with Crippen molar-refractivity contribution < 1.29 is 5.11 Å². The molecule has 0 aromatic carbocycles. The summed E-state index contributed by atoms with van der Waals surface area (Å²) in [5.74, 6) is 5.43. The van der Waals surface area contributed by atoms with E-state index in [1.165, 1.54) is 0 Å². The number of rotatable bonds is 2. The van der Waals surface area contributed by atoms with Crippen LogP contribution in [0.3, 0.4) is 0 Å². The molecule has 1 aromatic rings. The molecule has 0 bridgehead atoms. The lowest BCUT2D eigenvalue weighted by Gasteiger charge is -2.09. The summed E-state index contributed by atoms with van der Waals surface area (Å²) in [5, 5.41) is 12.5.